The minimum Gasteiger partial charge on any atom is -0.333 e. The lowest BCUT2D eigenvalue weighted by atomic mass is 9.83. The number of Topliss-reactive ketones (excluding diaryl/α,β-unsaturated/α-hetero) is 1. The second-order valence-electron chi connectivity index (χ2n) is 7.85. The SMILES string of the molecule is C=CC(=O)N1Cc2sc(C(C)=O)cc2[C@@H](c2ccccc2-c2cn(CC)nc2C(F)(F)F)C1. The molecule has 3 aromatic rings. The van der Waals surface area contributed by atoms with E-state index in [0.717, 1.165) is 10.4 Å². The molecule has 1 aromatic carbocycles. The largest absolute Gasteiger partial charge is 0.435 e. The van der Waals surface area contributed by atoms with Crippen LogP contribution in [0.2, 0.25) is 0 Å². The molecule has 0 aliphatic carbocycles. The fourth-order valence-corrected chi connectivity index (χ4v) is 5.32. The van der Waals surface area contributed by atoms with Crippen LogP contribution in [0.5, 0.6) is 0 Å². The number of alkyl halides is 3. The van der Waals surface area contributed by atoms with E-state index >= 15 is 0 Å². The van der Waals surface area contributed by atoms with Crippen LogP contribution in [-0.4, -0.2) is 32.9 Å². The van der Waals surface area contributed by atoms with Crippen molar-refractivity contribution in [1.82, 2.24) is 14.7 Å². The van der Waals surface area contributed by atoms with Crippen LogP contribution < -0.4 is 0 Å². The van der Waals surface area contributed by atoms with Crippen molar-refractivity contribution in [3.63, 3.8) is 0 Å². The number of aryl methyl sites for hydroxylation is 1. The third kappa shape index (κ3) is 4.25. The van der Waals surface area contributed by atoms with Crippen LogP contribution in [0, 0.1) is 0 Å². The minimum atomic E-state index is -4.62. The summed E-state index contributed by atoms with van der Waals surface area (Å²) in [4.78, 5) is 27.5. The lowest BCUT2D eigenvalue weighted by molar-refractivity contribution is -0.141. The van der Waals surface area contributed by atoms with Crippen LogP contribution in [0.15, 0.2) is 49.2 Å². The molecular weight excluding hydrogens is 451 g/mol. The lowest BCUT2D eigenvalue weighted by Gasteiger charge is -2.33. The van der Waals surface area contributed by atoms with Crippen LogP contribution in [0.1, 0.15) is 51.1 Å². The molecule has 2 aromatic heterocycles. The Morgan fingerprint density at radius 1 is 1.24 bits per heavy atom. The van der Waals surface area contributed by atoms with Gasteiger partial charge in [0.1, 0.15) is 0 Å². The van der Waals surface area contributed by atoms with E-state index in [9.17, 15) is 22.8 Å². The van der Waals surface area contributed by atoms with Gasteiger partial charge in [-0.25, -0.2) is 0 Å². The fourth-order valence-electron chi connectivity index (χ4n) is 4.19. The number of thiophene rings is 1. The molecule has 1 amide bonds. The summed E-state index contributed by atoms with van der Waals surface area (Å²) >= 11 is 1.32. The van der Waals surface area contributed by atoms with Gasteiger partial charge in [-0.1, -0.05) is 30.8 Å². The van der Waals surface area contributed by atoms with E-state index in [0.29, 0.717) is 29.1 Å². The topological polar surface area (TPSA) is 55.2 Å². The van der Waals surface area contributed by atoms with Crippen molar-refractivity contribution in [2.24, 2.45) is 0 Å². The first-order valence-electron chi connectivity index (χ1n) is 10.4. The summed E-state index contributed by atoms with van der Waals surface area (Å²) in [5.74, 6) is -0.758. The van der Waals surface area contributed by atoms with Gasteiger partial charge in [0.05, 0.1) is 11.4 Å². The summed E-state index contributed by atoms with van der Waals surface area (Å²) in [7, 11) is 0. The van der Waals surface area contributed by atoms with E-state index in [-0.39, 0.29) is 23.8 Å². The number of benzene rings is 1. The van der Waals surface area contributed by atoms with Gasteiger partial charge < -0.3 is 4.90 Å². The van der Waals surface area contributed by atoms with Crippen LogP contribution in [-0.2, 0) is 24.1 Å². The molecule has 33 heavy (non-hydrogen) atoms. The normalized spacial score (nSPS) is 15.9. The van der Waals surface area contributed by atoms with Crippen molar-refractivity contribution in [2.75, 3.05) is 6.54 Å². The first kappa shape index (κ1) is 23.0. The predicted octanol–water partition coefficient (Wildman–Crippen LogP) is 5.51. The van der Waals surface area contributed by atoms with E-state index in [1.165, 1.54) is 35.2 Å². The zero-order valence-corrected chi connectivity index (χ0v) is 19.0. The molecule has 3 heterocycles. The summed E-state index contributed by atoms with van der Waals surface area (Å²) < 4.78 is 42.8. The molecule has 0 unspecified atom stereocenters. The lowest BCUT2D eigenvalue weighted by Crippen LogP contribution is -2.37. The Morgan fingerprint density at radius 3 is 2.61 bits per heavy atom. The molecule has 1 aliphatic rings. The van der Waals surface area contributed by atoms with Gasteiger partial charge in [0.15, 0.2) is 11.5 Å². The van der Waals surface area contributed by atoms with Crippen molar-refractivity contribution < 1.29 is 22.8 Å². The molecule has 0 saturated carbocycles. The molecule has 1 aliphatic heterocycles. The molecule has 172 valence electrons. The Labute approximate surface area is 193 Å². The molecule has 0 N–H and O–H groups in total. The fraction of sp³-hybridized carbons (Fsp3) is 0.292. The Bertz CT molecular complexity index is 1240. The third-order valence-corrected chi connectivity index (χ3v) is 7.00. The summed E-state index contributed by atoms with van der Waals surface area (Å²) in [6.45, 7) is 7.66. The Balaban J connectivity index is 1.91. The standard InChI is InChI=1S/C24H22F3N3O2S/c1-4-22(32)29-11-18(17-10-20(14(3)31)33-21(17)13-29)15-8-6-7-9-16(15)19-12-30(5-2)28-23(19)24(25,26)27/h4,6-10,12,18H,1,5,11,13H2,2-3H3/t18-/m1/s1. The first-order chi connectivity index (χ1) is 15.6. The Kier molecular flexibility index (Phi) is 6.00. The van der Waals surface area contributed by atoms with E-state index < -0.39 is 17.8 Å². The van der Waals surface area contributed by atoms with Crippen LogP contribution in [0.4, 0.5) is 13.2 Å². The van der Waals surface area contributed by atoms with Gasteiger partial charge in [-0.3, -0.25) is 14.3 Å². The predicted molar refractivity (Wildman–Crippen MR) is 120 cm³/mol. The van der Waals surface area contributed by atoms with Crippen molar-refractivity contribution in [2.45, 2.75) is 39.0 Å². The van der Waals surface area contributed by atoms with Gasteiger partial charge in [0.2, 0.25) is 5.91 Å². The van der Waals surface area contributed by atoms with Crippen molar-refractivity contribution in [3.8, 4) is 11.1 Å². The van der Waals surface area contributed by atoms with Crippen LogP contribution in [0.25, 0.3) is 11.1 Å². The molecular formula is C24H22F3N3O2S. The Hall–Kier alpha value is -3.20. The van der Waals surface area contributed by atoms with E-state index in [1.54, 1.807) is 42.2 Å². The monoisotopic (exact) mass is 473 g/mol. The van der Waals surface area contributed by atoms with Crippen molar-refractivity contribution >= 4 is 23.0 Å². The van der Waals surface area contributed by atoms with Crippen molar-refractivity contribution in [1.29, 1.82) is 0 Å². The first-order valence-corrected chi connectivity index (χ1v) is 11.2. The van der Waals surface area contributed by atoms with E-state index in [2.05, 4.69) is 11.7 Å². The maximum Gasteiger partial charge on any atom is 0.435 e. The van der Waals surface area contributed by atoms with Crippen molar-refractivity contribution in [3.05, 3.63) is 75.8 Å². The Morgan fingerprint density at radius 2 is 1.97 bits per heavy atom. The van der Waals surface area contributed by atoms with Gasteiger partial charge in [-0.2, -0.15) is 18.3 Å². The van der Waals surface area contributed by atoms with Crippen LogP contribution >= 0.6 is 11.3 Å². The summed E-state index contributed by atoms with van der Waals surface area (Å²) in [5, 5.41) is 3.76. The molecule has 0 fully saturated rings. The molecule has 5 nitrogen and oxygen atoms in total. The van der Waals surface area contributed by atoms with Gasteiger partial charge >= 0.3 is 6.18 Å². The number of aromatic nitrogens is 2. The summed E-state index contributed by atoms with van der Waals surface area (Å²) in [6.07, 6.45) is -1.98. The quantitative estimate of drug-likeness (QED) is 0.363. The highest BCUT2D eigenvalue weighted by atomic mass is 32.1. The molecule has 1 atom stereocenters. The zero-order valence-electron chi connectivity index (χ0n) is 18.1. The second kappa shape index (κ2) is 8.62. The van der Waals surface area contributed by atoms with Gasteiger partial charge in [0, 0.05) is 35.6 Å². The number of carbonyl (C=O) groups is 2. The summed E-state index contributed by atoms with van der Waals surface area (Å²) in [6, 6.07) is 8.68. The number of nitrogens with zero attached hydrogens (tertiary/aromatic N) is 3. The third-order valence-electron chi connectivity index (χ3n) is 5.77. The van der Waals surface area contributed by atoms with Gasteiger partial charge in [0.25, 0.3) is 0 Å². The molecule has 0 radical (unpaired) electrons. The number of fused-ring (bicyclic) bond motifs is 1. The van der Waals surface area contributed by atoms with E-state index in [4.69, 9.17) is 0 Å². The zero-order chi connectivity index (χ0) is 23.9. The number of hydrogen-bond acceptors (Lipinski definition) is 4. The highest BCUT2D eigenvalue weighted by Gasteiger charge is 2.39. The molecule has 0 spiro atoms. The highest BCUT2D eigenvalue weighted by molar-refractivity contribution is 7.14. The maximum atomic E-state index is 13.8. The second-order valence-corrected chi connectivity index (χ2v) is 8.99. The highest BCUT2D eigenvalue weighted by Crippen LogP contribution is 2.44. The maximum absolute atomic E-state index is 13.8. The number of carbonyl (C=O) groups excluding carboxylic acids is 2. The molecule has 9 heteroatoms. The average Bonchev–Trinajstić information content (AvgIpc) is 3.42. The van der Waals surface area contributed by atoms with Gasteiger partial charge in [-0.05, 0) is 42.7 Å². The molecule has 0 bridgehead atoms. The number of halogens is 3. The summed E-state index contributed by atoms with van der Waals surface area (Å²) in [5.41, 5.74) is 0.970. The average molecular weight is 474 g/mol. The number of hydrogen-bond donors (Lipinski definition) is 0. The number of ketones is 1. The van der Waals surface area contributed by atoms with Gasteiger partial charge in [-0.15, -0.1) is 11.3 Å². The smallest absolute Gasteiger partial charge is 0.333 e. The minimum absolute atomic E-state index is 0.00399. The molecule has 0 saturated heterocycles. The molecule has 4 rings (SSSR count). The van der Waals surface area contributed by atoms with Crippen LogP contribution in [0.3, 0.4) is 0 Å². The van der Waals surface area contributed by atoms with E-state index in [1.807, 2.05) is 0 Å². The number of amides is 1. The number of rotatable bonds is 5.